The number of ether oxygens (including phenoxy) is 1. The lowest BCUT2D eigenvalue weighted by molar-refractivity contribution is -0.138. The van der Waals surface area contributed by atoms with Crippen molar-refractivity contribution < 1.29 is 40.6 Å². The molecule has 2 N–H and O–H groups in total. The monoisotopic (exact) mass is 417 g/mol. The van der Waals surface area contributed by atoms with Gasteiger partial charge in [0.25, 0.3) is 0 Å². The average molecular weight is 418 g/mol. The summed E-state index contributed by atoms with van der Waals surface area (Å²) in [7, 11) is 0. The van der Waals surface area contributed by atoms with Gasteiger partial charge in [0.1, 0.15) is 5.82 Å². The Bertz CT molecular complexity index is 806. The van der Waals surface area contributed by atoms with Gasteiger partial charge >= 0.3 is 6.18 Å². The van der Waals surface area contributed by atoms with E-state index in [2.05, 4.69) is 10.1 Å². The fourth-order valence-electron chi connectivity index (χ4n) is 1.96. The summed E-state index contributed by atoms with van der Waals surface area (Å²) in [5.74, 6) is -8.22. The number of anilines is 1. The van der Waals surface area contributed by atoms with Gasteiger partial charge in [-0.15, -0.1) is 11.6 Å². The van der Waals surface area contributed by atoms with Gasteiger partial charge in [0.15, 0.2) is 29.0 Å². The van der Waals surface area contributed by atoms with Crippen molar-refractivity contribution in [2.75, 3.05) is 17.7 Å². The minimum atomic E-state index is -5.00. The van der Waals surface area contributed by atoms with Crippen molar-refractivity contribution in [1.29, 1.82) is 0 Å². The Kier molecular flexibility index (Phi) is 6.42. The Morgan fingerprint density at radius 2 is 1.56 bits per heavy atom. The minimum Gasteiger partial charge on any atom is -0.448 e. The average Bonchev–Trinajstić information content (AvgIpc) is 2.57. The minimum absolute atomic E-state index is 0.0180. The summed E-state index contributed by atoms with van der Waals surface area (Å²) in [5, 5.41) is 11.7. The molecule has 0 saturated heterocycles. The first-order valence-electron chi connectivity index (χ1n) is 7.24. The number of aliphatic hydroxyl groups excluding tert-OH is 1. The third-order valence-corrected chi connectivity index (χ3v) is 3.62. The van der Waals surface area contributed by atoms with Crippen LogP contribution in [0.1, 0.15) is 5.56 Å². The van der Waals surface area contributed by atoms with Gasteiger partial charge in [-0.2, -0.15) is 13.2 Å². The summed E-state index contributed by atoms with van der Waals surface area (Å²) in [6.07, 6.45) is -6.06. The molecule has 0 amide bonds. The standard InChI is InChI=1S/C16H11ClF7NO2/c17-5-8(26)6-25-13-4-14(10(19)3-9(13)18)27-15-11(20)1-7(2-12(15)21)16(22,23)24/h1-4,8,25-26H,5-6H2. The quantitative estimate of drug-likeness (QED) is 0.509. The highest BCUT2D eigenvalue weighted by atomic mass is 35.5. The van der Waals surface area contributed by atoms with Gasteiger partial charge in [0.05, 0.1) is 23.2 Å². The van der Waals surface area contributed by atoms with E-state index in [-0.39, 0.29) is 30.2 Å². The summed E-state index contributed by atoms with van der Waals surface area (Å²) in [6.45, 7) is -0.228. The summed E-state index contributed by atoms with van der Waals surface area (Å²) in [6, 6.07) is 0.998. The van der Waals surface area contributed by atoms with Crippen LogP contribution in [-0.2, 0) is 6.18 Å². The molecule has 0 saturated carbocycles. The maximum Gasteiger partial charge on any atom is 0.416 e. The molecule has 2 aromatic rings. The molecule has 0 radical (unpaired) electrons. The molecule has 0 heterocycles. The molecule has 1 unspecified atom stereocenters. The van der Waals surface area contributed by atoms with Crippen molar-refractivity contribution in [2.45, 2.75) is 12.3 Å². The largest absolute Gasteiger partial charge is 0.448 e. The molecule has 148 valence electrons. The fraction of sp³-hybridized carbons (Fsp3) is 0.250. The Labute approximate surface area is 153 Å². The van der Waals surface area contributed by atoms with Crippen LogP contribution in [0.25, 0.3) is 0 Å². The maximum absolute atomic E-state index is 13.8. The number of hydrogen-bond acceptors (Lipinski definition) is 3. The van der Waals surface area contributed by atoms with E-state index in [1.165, 1.54) is 0 Å². The summed E-state index contributed by atoms with van der Waals surface area (Å²) < 4.78 is 97.5. The van der Waals surface area contributed by atoms with Crippen LogP contribution in [0, 0.1) is 23.3 Å². The lowest BCUT2D eigenvalue weighted by Crippen LogP contribution is -2.21. The van der Waals surface area contributed by atoms with E-state index in [4.69, 9.17) is 11.6 Å². The molecular weight excluding hydrogens is 407 g/mol. The van der Waals surface area contributed by atoms with Gasteiger partial charge in [0.2, 0.25) is 0 Å². The smallest absolute Gasteiger partial charge is 0.416 e. The lowest BCUT2D eigenvalue weighted by Gasteiger charge is -2.15. The van der Waals surface area contributed by atoms with E-state index in [0.717, 1.165) is 0 Å². The highest BCUT2D eigenvalue weighted by molar-refractivity contribution is 6.18. The Balaban J connectivity index is 2.34. The molecule has 0 aromatic heterocycles. The van der Waals surface area contributed by atoms with Crippen LogP contribution in [-0.4, -0.2) is 23.6 Å². The molecule has 3 nitrogen and oxygen atoms in total. The van der Waals surface area contributed by atoms with Gasteiger partial charge in [-0.05, 0) is 12.1 Å². The van der Waals surface area contributed by atoms with Crippen molar-refractivity contribution in [2.24, 2.45) is 0 Å². The molecule has 0 fully saturated rings. The van der Waals surface area contributed by atoms with Crippen LogP contribution >= 0.6 is 11.6 Å². The normalized spacial score (nSPS) is 12.8. The van der Waals surface area contributed by atoms with Crippen LogP contribution in [0.4, 0.5) is 36.4 Å². The molecular formula is C16H11ClF7NO2. The van der Waals surface area contributed by atoms with Gasteiger partial charge in [-0.1, -0.05) is 0 Å². The third kappa shape index (κ3) is 5.16. The molecule has 0 bridgehead atoms. The van der Waals surface area contributed by atoms with E-state index < -0.39 is 52.6 Å². The summed E-state index contributed by atoms with van der Waals surface area (Å²) in [5.41, 5.74) is -1.98. The Morgan fingerprint density at radius 1 is 0.963 bits per heavy atom. The summed E-state index contributed by atoms with van der Waals surface area (Å²) >= 11 is 5.37. The molecule has 11 heteroatoms. The van der Waals surface area contributed by atoms with Crippen LogP contribution in [0.15, 0.2) is 24.3 Å². The molecule has 2 aromatic carbocycles. The number of hydrogen-bond donors (Lipinski definition) is 2. The first-order valence-corrected chi connectivity index (χ1v) is 7.77. The third-order valence-electron chi connectivity index (χ3n) is 3.27. The molecule has 0 spiro atoms. The van der Waals surface area contributed by atoms with Crippen LogP contribution in [0.3, 0.4) is 0 Å². The van der Waals surface area contributed by atoms with Gasteiger partial charge in [0, 0.05) is 18.7 Å². The van der Waals surface area contributed by atoms with E-state index in [9.17, 15) is 35.8 Å². The molecule has 0 aliphatic carbocycles. The van der Waals surface area contributed by atoms with Crippen LogP contribution in [0.5, 0.6) is 11.5 Å². The zero-order valence-corrected chi connectivity index (χ0v) is 13.9. The van der Waals surface area contributed by atoms with E-state index >= 15 is 0 Å². The molecule has 0 aliphatic rings. The number of nitrogens with one attached hydrogen (secondary N) is 1. The Morgan fingerprint density at radius 3 is 2.07 bits per heavy atom. The second-order valence-electron chi connectivity index (χ2n) is 5.32. The highest BCUT2D eigenvalue weighted by Crippen LogP contribution is 2.37. The first-order chi connectivity index (χ1) is 12.5. The molecule has 0 aliphatic heterocycles. The zero-order valence-electron chi connectivity index (χ0n) is 13.2. The van der Waals surface area contributed by atoms with E-state index in [0.29, 0.717) is 12.1 Å². The number of halogens is 8. The number of rotatable bonds is 6. The predicted molar refractivity (Wildman–Crippen MR) is 83.0 cm³/mol. The van der Waals surface area contributed by atoms with Crippen molar-refractivity contribution in [1.82, 2.24) is 0 Å². The summed E-state index contributed by atoms with van der Waals surface area (Å²) in [4.78, 5) is 0. The predicted octanol–water partition coefficient (Wildman–Crippen LogP) is 5.07. The van der Waals surface area contributed by atoms with Crippen molar-refractivity contribution in [3.8, 4) is 11.5 Å². The fourth-order valence-corrected chi connectivity index (χ4v) is 2.07. The number of aliphatic hydroxyl groups is 1. The van der Waals surface area contributed by atoms with Crippen molar-refractivity contribution in [3.05, 3.63) is 53.1 Å². The number of benzene rings is 2. The van der Waals surface area contributed by atoms with E-state index in [1.807, 2.05) is 0 Å². The topological polar surface area (TPSA) is 41.5 Å². The molecule has 1 atom stereocenters. The van der Waals surface area contributed by atoms with Gasteiger partial charge in [-0.25, -0.2) is 17.6 Å². The second kappa shape index (κ2) is 8.22. The first kappa shape index (κ1) is 21.1. The Hall–Kier alpha value is -2.20. The van der Waals surface area contributed by atoms with Crippen molar-refractivity contribution >= 4 is 17.3 Å². The van der Waals surface area contributed by atoms with Crippen molar-refractivity contribution in [3.63, 3.8) is 0 Å². The second-order valence-corrected chi connectivity index (χ2v) is 5.63. The van der Waals surface area contributed by atoms with E-state index in [1.54, 1.807) is 0 Å². The van der Waals surface area contributed by atoms with Crippen LogP contribution in [0.2, 0.25) is 0 Å². The maximum atomic E-state index is 13.8. The zero-order chi connectivity index (χ0) is 20.4. The molecule has 2 rings (SSSR count). The van der Waals surface area contributed by atoms with Crippen LogP contribution < -0.4 is 10.1 Å². The van der Waals surface area contributed by atoms with Gasteiger partial charge < -0.3 is 15.2 Å². The van der Waals surface area contributed by atoms with Gasteiger partial charge in [-0.3, -0.25) is 0 Å². The highest BCUT2D eigenvalue weighted by Gasteiger charge is 2.33. The molecule has 27 heavy (non-hydrogen) atoms. The number of alkyl halides is 4. The SMILES string of the molecule is OC(CCl)CNc1cc(Oc2c(F)cc(C(F)(F)F)cc2F)c(F)cc1F. The lowest BCUT2D eigenvalue weighted by atomic mass is 10.2.